The van der Waals surface area contributed by atoms with Gasteiger partial charge >= 0.3 is 0 Å². The standard InChI is InChI=1S/C13H24N4O2S/c1-4-14-5-6-17-10-13(8-15-17)20(18,19)16(3)9-12-7-11(12)2/h8,10-12,14H,4-7,9H2,1-3H3. The van der Waals surface area contributed by atoms with E-state index in [2.05, 4.69) is 17.3 Å². The molecule has 114 valence electrons. The number of likely N-dealkylation sites (N-methyl/N-ethyl adjacent to an activating group) is 1. The second-order valence-corrected chi connectivity index (χ2v) is 7.60. The third-order valence-electron chi connectivity index (χ3n) is 3.85. The van der Waals surface area contributed by atoms with Crippen molar-refractivity contribution in [2.45, 2.75) is 31.7 Å². The van der Waals surface area contributed by atoms with Gasteiger partial charge in [0.15, 0.2) is 0 Å². The summed E-state index contributed by atoms with van der Waals surface area (Å²) in [5.41, 5.74) is 0. The Bertz CT molecular complexity index is 540. The van der Waals surface area contributed by atoms with Crippen molar-refractivity contribution in [2.24, 2.45) is 11.8 Å². The average molecular weight is 300 g/mol. The van der Waals surface area contributed by atoms with Crippen molar-refractivity contribution in [3.63, 3.8) is 0 Å². The Morgan fingerprint density at radius 1 is 1.55 bits per heavy atom. The van der Waals surface area contributed by atoms with Crippen molar-refractivity contribution in [2.75, 3.05) is 26.7 Å². The molecule has 2 unspecified atom stereocenters. The van der Waals surface area contributed by atoms with Crippen LogP contribution in [0.25, 0.3) is 0 Å². The van der Waals surface area contributed by atoms with Gasteiger partial charge in [0.1, 0.15) is 4.90 Å². The van der Waals surface area contributed by atoms with Gasteiger partial charge in [0.05, 0.1) is 12.7 Å². The molecule has 0 saturated heterocycles. The van der Waals surface area contributed by atoms with Gasteiger partial charge in [0.2, 0.25) is 10.0 Å². The van der Waals surface area contributed by atoms with Gasteiger partial charge < -0.3 is 5.32 Å². The molecule has 0 amide bonds. The van der Waals surface area contributed by atoms with Crippen LogP contribution in [-0.4, -0.2) is 49.2 Å². The van der Waals surface area contributed by atoms with Crippen molar-refractivity contribution in [1.29, 1.82) is 0 Å². The Kier molecular flexibility index (Phi) is 4.82. The zero-order chi connectivity index (χ0) is 14.8. The molecule has 7 heteroatoms. The Morgan fingerprint density at radius 3 is 2.85 bits per heavy atom. The van der Waals surface area contributed by atoms with E-state index >= 15 is 0 Å². The highest BCUT2D eigenvalue weighted by Gasteiger charge is 2.36. The van der Waals surface area contributed by atoms with Crippen LogP contribution in [0, 0.1) is 11.8 Å². The fourth-order valence-electron chi connectivity index (χ4n) is 2.23. The van der Waals surface area contributed by atoms with Crippen molar-refractivity contribution < 1.29 is 8.42 Å². The third-order valence-corrected chi connectivity index (χ3v) is 5.63. The van der Waals surface area contributed by atoms with Gasteiger partial charge in [-0.25, -0.2) is 12.7 Å². The molecule has 1 fully saturated rings. The zero-order valence-electron chi connectivity index (χ0n) is 12.4. The lowest BCUT2D eigenvalue weighted by atomic mass is 10.3. The number of aromatic nitrogens is 2. The number of nitrogens with zero attached hydrogens (tertiary/aromatic N) is 3. The number of hydrogen-bond donors (Lipinski definition) is 1. The minimum atomic E-state index is -3.40. The van der Waals surface area contributed by atoms with E-state index in [1.165, 1.54) is 10.5 Å². The van der Waals surface area contributed by atoms with Crippen molar-refractivity contribution in [3.8, 4) is 0 Å². The van der Waals surface area contributed by atoms with Gasteiger partial charge in [-0.2, -0.15) is 5.10 Å². The molecule has 1 heterocycles. The quantitative estimate of drug-likeness (QED) is 0.720. The van der Waals surface area contributed by atoms with Gasteiger partial charge in [-0.15, -0.1) is 0 Å². The lowest BCUT2D eigenvalue weighted by Crippen LogP contribution is -2.29. The van der Waals surface area contributed by atoms with Crippen LogP contribution >= 0.6 is 0 Å². The van der Waals surface area contributed by atoms with Gasteiger partial charge in [0, 0.05) is 26.3 Å². The molecule has 1 aliphatic carbocycles. The Balaban J connectivity index is 1.98. The number of rotatable bonds is 8. The monoisotopic (exact) mass is 300 g/mol. The smallest absolute Gasteiger partial charge is 0.245 e. The van der Waals surface area contributed by atoms with Crippen LogP contribution in [0.2, 0.25) is 0 Å². The molecule has 0 bridgehead atoms. The second kappa shape index (κ2) is 6.24. The number of hydrogen-bond acceptors (Lipinski definition) is 4. The van der Waals surface area contributed by atoms with Crippen molar-refractivity contribution >= 4 is 10.0 Å². The third kappa shape index (κ3) is 3.59. The van der Waals surface area contributed by atoms with Crippen molar-refractivity contribution in [3.05, 3.63) is 12.4 Å². The highest BCUT2D eigenvalue weighted by Crippen LogP contribution is 2.38. The summed E-state index contributed by atoms with van der Waals surface area (Å²) in [7, 11) is -1.75. The van der Waals surface area contributed by atoms with Crippen LogP contribution in [0.15, 0.2) is 17.3 Å². The summed E-state index contributed by atoms with van der Waals surface area (Å²) < 4.78 is 27.9. The lowest BCUT2D eigenvalue weighted by Gasteiger charge is -2.15. The van der Waals surface area contributed by atoms with Crippen LogP contribution < -0.4 is 5.32 Å². The summed E-state index contributed by atoms with van der Waals surface area (Å²) in [4.78, 5) is 0.282. The Hall–Kier alpha value is -0.920. The molecule has 1 aromatic rings. The van der Waals surface area contributed by atoms with E-state index in [9.17, 15) is 8.42 Å². The first-order valence-electron chi connectivity index (χ1n) is 7.14. The first-order valence-corrected chi connectivity index (χ1v) is 8.58. The molecule has 1 aliphatic rings. The molecule has 0 aromatic carbocycles. The Labute approximate surface area is 121 Å². The fraction of sp³-hybridized carbons (Fsp3) is 0.769. The maximum atomic E-state index is 12.4. The minimum absolute atomic E-state index is 0.282. The van der Waals surface area contributed by atoms with Crippen LogP contribution in [0.4, 0.5) is 0 Å². The molecule has 20 heavy (non-hydrogen) atoms. The molecule has 2 atom stereocenters. The summed E-state index contributed by atoms with van der Waals surface area (Å²) in [5, 5.41) is 7.30. The fourth-order valence-corrected chi connectivity index (χ4v) is 3.42. The zero-order valence-corrected chi connectivity index (χ0v) is 13.2. The van der Waals surface area contributed by atoms with E-state index in [-0.39, 0.29) is 4.90 Å². The van der Waals surface area contributed by atoms with E-state index in [4.69, 9.17) is 0 Å². The molecule has 6 nitrogen and oxygen atoms in total. The van der Waals surface area contributed by atoms with Crippen LogP contribution in [0.5, 0.6) is 0 Å². The highest BCUT2D eigenvalue weighted by atomic mass is 32.2. The predicted molar refractivity (Wildman–Crippen MR) is 77.9 cm³/mol. The molecule has 1 aromatic heterocycles. The number of nitrogens with one attached hydrogen (secondary N) is 1. The molecule has 1 N–H and O–H groups in total. The lowest BCUT2D eigenvalue weighted by molar-refractivity contribution is 0.444. The van der Waals surface area contributed by atoms with E-state index in [0.29, 0.717) is 24.9 Å². The number of sulfonamides is 1. The molecule has 0 radical (unpaired) electrons. The molecule has 0 spiro atoms. The van der Waals surface area contributed by atoms with E-state index in [1.54, 1.807) is 17.9 Å². The summed E-state index contributed by atoms with van der Waals surface area (Å²) in [6.45, 7) is 7.15. The van der Waals surface area contributed by atoms with E-state index < -0.39 is 10.0 Å². The largest absolute Gasteiger partial charge is 0.315 e. The van der Waals surface area contributed by atoms with Gasteiger partial charge in [-0.05, 0) is 24.8 Å². The maximum absolute atomic E-state index is 12.4. The summed E-state index contributed by atoms with van der Waals surface area (Å²) in [6.07, 6.45) is 4.18. The normalized spacial score (nSPS) is 22.4. The van der Waals surface area contributed by atoms with Gasteiger partial charge in [0.25, 0.3) is 0 Å². The minimum Gasteiger partial charge on any atom is -0.315 e. The first-order chi connectivity index (χ1) is 9.45. The van der Waals surface area contributed by atoms with Crippen LogP contribution in [0.1, 0.15) is 20.3 Å². The molecule has 0 aliphatic heterocycles. The predicted octanol–water partition coefficient (Wildman–Crippen LogP) is 0.769. The van der Waals surface area contributed by atoms with Crippen LogP contribution in [0.3, 0.4) is 0 Å². The van der Waals surface area contributed by atoms with E-state index in [0.717, 1.165) is 19.5 Å². The SMILES string of the molecule is CCNCCn1cc(S(=O)(=O)N(C)CC2CC2C)cn1. The summed E-state index contributed by atoms with van der Waals surface area (Å²) in [6, 6.07) is 0. The summed E-state index contributed by atoms with van der Waals surface area (Å²) in [5.74, 6) is 1.16. The highest BCUT2D eigenvalue weighted by molar-refractivity contribution is 7.89. The van der Waals surface area contributed by atoms with Crippen LogP contribution in [-0.2, 0) is 16.6 Å². The first kappa shape index (κ1) is 15.5. The molecular formula is C13H24N4O2S. The average Bonchev–Trinajstić information content (AvgIpc) is 2.91. The maximum Gasteiger partial charge on any atom is 0.245 e. The van der Waals surface area contributed by atoms with Gasteiger partial charge in [-0.1, -0.05) is 13.8 Å². The summed E-state index contributed by atoms with van der Waals surface area (Å²) >= 11 is 0. The topological polar surface area (TPSA) is 67.2 Å². The van der Waals surface area contributed by atoms with Crippen molar-refractivity contribution in [1.82, 2.24) is 19.4 Å². The second-order valence-electron chi connectivity index (χ2n) is 5.55. The molecule has 2 rings (SSSR count). The molecular weight excluding hydrogens is 276 g/mol. The Morgan fingerprint density at radius 2 is 2.25 bits per heavy atom. The van der Waals surface area contributed by atoms with Gasteiger partial charge in [-0.3, -0.25) is 4.68 Å². The van der Waals surface area contributed by atoms with E-state index in [1.807, 2.05) is 6.92 Å². The molecule has 1 saturated carbocycles.